The van der Waals surface area contributed by atoms with Crippen molar-refractivity contribution in [1.29, 1.82) is 0 Å². The smallest absolute Gasteiger partial charge is 0.424 e. The van der Waals surface area contributed by atoms with Gasteiger partial charge in [0.1, 0.15) is 34.5 Å². The molecule has 0 spiro atoms. The van der Waals surface area contributed by atoms with E-state index < -0.39 is 29.6 Å². The normalized spacial score (nSPS) is 22.1. The van der Waals surface area contributed by atoms with Gasteiger partial charge < -0.3 is 25.0 Å². The minimum absolute atomic E-state index is 0.208. The molecule has 0 radical (unpaired) electrons. The highest BCUT2D eigenvalue weighted by Crippen LogP contribution is 2.45. The summed E-state index contributed by atoms with van der Waals surface area (Å²) >= 11 is 3.11. The van der Waals surface area contributed by atoms with Gasteiger partial charge in [0.2, 0.25) is 4.73 Å². The van der Waals surface area contributed by atoms with Gasteiger partial charge in [0.05, 0.1) is 0 Å². The highest BCUT2D eigenvalue weighted by Gasteiger charge is 2.44. The Kier molecular flexibility index (Phi) is 14.0. The highest BCUT2D eigenvalue weighted by atomic mass is 79.9. The van der Waals surface area contributed by atoms with Crippen LogP contribution in [0.3, 0.4) is 0 Å². The van der Waals surface area contributed by atoms with Gasteiger partial charge in [-0.3, -0.25) is 9.97 Å². The first-order chi connectivity index (χ1) is 31.9. The SMILES string of the molecule is Cn1nc(Br)nc1Oc1cccc(F)c1.Cn1nc(CC2C3CCC2CN(c2ccnc(C(F)(F)F)c2)C3)nc1Oc1cccc(F)c1.NC1C2CCC1CN(c1ccnc(C(F)(F)F)c1)C2. The van der Waals surface area contributed by atoms with Gasteiger partial charge in [-0.1, -0.05) is 12.1 Å². The van der Waals surface area contributed by atoms with E-state index in [1.807, 2.05) is 9.80 Å². The first kappa shape index (κ1) is 47.6. The summed E-state index contributed by atoms with van der Waals surface area (Å²) in [5, 5.41) is 8.41. The van der Waals surface area contributed by atoms with Crippen molar-refractivity contribution in [2.45, 2.75) is 50.5 Å². The van der Waals surface area contributed by atoms with E-state index in [0.717, 1.165) is 50.9 Å². The molecule has 22 heteroatoms. The number of aryl methyl sites for hydroxylation is 2. The van der Waals surface area contributed by atoms with Crippen molar-refractivity contribution in [2.75, 3.05) is 36.0 Å². The second kappa shape index (κ2) is 19.7. The quantitative estimate of drug-likeness (QED) is 0.146. The van der Waals surface area contributed by atoms with Crippen molar-refractivity contribution in [3.63, 3.8) is 0 Å². The number of halogens is 9. The number of pyridine rings is 2. The topological polar surface area (TPSA) is 138 Å². The number of hydrogen-bond acceptors (Lipinski definition) is 11. The third-order valence-electron chi connectivity index (χ3n) is 12.6. The molecular formula is C45H46BrF8N11O2. The molecule has 2 aliphatic heterocycles. The minimum atomic E-state index is -4.46. The summed E-state index contributed by atoms with van der Waals surface area (Å²) < 4.78 is 118. The molecule has 13 nitrogen and oxygen atoms in total. The summed E-state index contributed by atoms with van der Waals surface area (Å²) in [6.07, 6.45) is -1.49. The minimum Gasteiger partial charge on any atom is -0.424 e. The van der Waals surface area contributed by atoms with Crippen molar-refractivity contribution in [1.82, 2.24) is 39.5 Å². The van der Waals surface area contributed by atoms with Crippen LogP contribution in [0.1, 0.15) is 42.9 Å². The molecule has 67 heavy (non-hydrogen) atoms. The molecule has 4 aliphatic rings. The molecule has 2 aliphatic carbocycles. The fraction of sp³-hybridized carbons (Fsp3) is 0.422. The molecule has 356 valence electrons. The lowest BCUT2D eigenvalue weighted by Crippen LogP contribution is -2.48. The third-order valence-corrected chi connectivity index (χ3v) is 13.0. The van der Waals surface area contributed by atoms with Crippen LogP contribution >= 0.6 is 15.9 Å². The molecule has 0 amide bonds. The molecule has 4 aromatic heterocycles. The van der Waals surface area contributed by atoms with E-state index in [9.17, 15) is 35.1 Å². The zero-order valence-corrected chi connectivity index (χ0v) is 37.8. The van der Waals surface area contributed by atoms with Crippen LogP contribution in [0.4, 0.5) is 46.5 Å². The van der Waals surface area contributed by atoms with Crippen molar-refractivity contribution in [3.05, 3.63) is 119 Å². The highest BCUT2D eigenvalue weighted by molar-refractivity contribution is 9.10. The standard InChI is InChI=1S/C23H23F4N5O.C13H16F3N3.C9H7BrFN3O/c1-31-22(33-18-4-2-3-16(24)9-18)29-21(30-31)11-19-14-5-6-15(19)13-32(12-14)17-7-8-28-20(10-17)23(25,26)27;14-13(15,16)11-5-10(3-4-18-11)19-6-8-1-2-9(7-19)12(8)17;1-14-9(12-8(10)13-14)15-7-4-2-3-6(11)5-7/h2-4,7-10,14-15,19H,5-6,11-13H2,1H3;3-5,8-9,12H,1-2,6-7,17H2;2-5H,1H3. The van der Waals surface area contributed by atoms with E-state index in [2.05, 4.69) is 46.1 Å². The number of fused-ring (bicyclic) bond motifs is 4. The largest absolute Gasteiger partial charge is 0.433 e. The molecule has 4 fully saturated rings. The van der Waals surface area contributed by atoms with E-state index in [4.69, 9.17) is 15.2 Å². The molecular weight excluding hydrogens is 958 g/mol. The maximum Gasteiger partial charge on any atom is 0.433 e. The fourth-order valence-electron chi connectivity index (χ4n) is 9.41. The van der Waals surface area contributed by atoms with Crippen LogP contribution < -0.4 is 25.0 Å². The maximum atomic E-state index is 13.4. The average Bonchev–Trinajstić information content (AvgIpc) is 3.91. The van der Waals surface area contributed by atoms with Gasteiger partial charge >= 0.3 is 24.4 Å². The van der Waals surface area contributed by atoms with E-state index in [1.54, 1.807) is 50.5 Å². The van der Waals surface area contributed by atoms with Crippen LogP contribution in [0.2, 0.25) is 0 Å². The van der Waals surface area contributed by atoms with Crippen LogP contribution in [0.15, 0.2) is 89.9 Å². The Morgan fingerprint density at radius 3 is 1.52 bits per heavy atom. The van der Waals surface area contributed by atoms with E-state index in [-0.39, 0.29) is 17.9 Å². The lowest BCUT2D eigenvalue weighted by atomic mass is 9.82. The maximum absolute atomic E-state index is 13.4. The predicted octanol–water partition coefficient (Wildman–Crippen LogP) is 9.65. The molecule has 2 aromatic carbocycles. The number of aromatic nitrogens is 8. The molecule has 4 unspecified atom stereocenters. The van der Waals surface area contributed by atoms with Gasteiger partial charge in [0.25, 0.3) is 0 Å². The Bertz CT molecular complexity index is 2620. The Morgan fingerprint density at radius 2 is 1.07 bits per heavy atom. The first-order valence-corrected chi connectivity index (χ1v) is 22.3. The van der Waals surface area contributed by atoms with Gasteiger partial charge in [0.15, 0.2) is 5.82 Å². The molecule has 4 atom stereocenters. The number of nitrogens with two attached hydrogens (primary N) is 1. The zero-order valence-electron chi connectivity index (χ0n) is 36.2. The van der Waals surface area contributed by atoms with Gasteiger partial charge in [-0.15, -0.1) is 5.10 Å². The molecule has 6 aromatic rings. The van der Waals surface area contributed by atoms with E-state index in [1.165, 1.54) is 46.0 Å². The van der Waals surface area contributed by atoms with Crippen LogP contribution in [0.25, 0.3) is 0 Å². The second-order valence-electron chi connectivity index (χ2n) is 17.1. The number of hydrogen-bond donors (Lipinski definition) is 1. The number of nitrogens with zero attached hydrogens (tertiary/aromatic N) is 10. The van der Waals surface area contributed by atoms with Crippen molar-refractivity contribution in [2.24, 2.45) is 49.4 Å². The first-order valence-electron chi connectivity index (χ1n) is 21.5. The molecule has 2 saturated carbocycles. The number of piperidine rings is 2. The number of benzene rings is 2. The van der Waals surface area contributed by atoms with Gasteiger partial charge in [-0.05, 0) is 120 Å². The second-order valence-corrected chi connectivity index (χ2v) is 17.8. The molecule has 4 bridgehead atoms. The molecule has 10 rings (SSSR count). The Morgan fingerprint density at radius 1 is 0.627 bits per heavy atom. The number of rotatable bonds is 8. The zero-order chi connectivity index (χ0) is 47.6. The third kappa shape index (κ3) is 11.6. The van der Waals surface area contributed by atoms with Crippen molar-refractivity contribution < 1.29 is 44.6 Å². The summed E-state index contributed by atoms with van der Waals surface area (Å²) in [6, 6.07) is 18.0. The Balaban J connectivity index is 0.000000151. The van der Waals surface area contributed by atoms with Crippen LogP contribution in [-0.2, 0) is 32.9 Å². The average molecular weight is 1000 g/mol. The molecule has 2 N–H and O–H groups in total. The predicted molar refractivity (Wildman–Crippen MR) is 233 cm³/mol. The van der Waals surface area contributed by atoms with Crippen molar-refractivity contribution in [3.8, 4) is 23.5 Å². The van der Waals surface area contributed by atoms with Crippen molar-refractivity contribution >= 4 is 27.3 Å². The van der Waals surface area contributed by atoms with Crippen LogP contribution in [0, 0.1) is 41.2 Å². The lowest BCUT2D eigenvalue weighted by molar-refractivity contribution is -0.141. The molecule has 2 saturated heterocycles. The Hall–Kier alpha value is -5.90. The lowest BCUT2D eigenvalue weighted by Gasteiger charge is -2.39. The summed E-state index contributed by atoms with van der Waals surface area (Å²) in [5.41, 5.74) is 5.58. The van der Waals surface area contributed by atoms with Crippen LogP contribution in [0.5, 0.6) is 23.5 Å². The molecule has 6 heterocycles. The van der Waals surface area contributed by atoms with Gasteiger partial charge in [-0.25, -0.2) is 18.1 Å². The summed E-state index contributed by atoms with van der Waals surface area (Å²) in [6.45, 7) is 2.89. The van der Waals surface area contributed by atoms with E-state index >= 15 is 0 Å². The number of anilines is 2. The summed E-state index contributed by atoms with van der Waals surface area (Å²) in [7, 11) is 3.41. The number of alkyl halides is 6. The number of ether oxygens (including phenoxy) is 2. The van der Waals surface area contributed by atoms with Gasteiger partial charge in [-0.2, -0.15) is 41.4 Å². The summed E-state index contributed by atoms with van der Waals surface area (Å²) in [4.78, 5) is 19.4. The summed E-state index contributed by atoms with van der Waals surface area (Å²) in [5.74, 6) is 2.51. The van der Waals surface area contributed by atoms with Crippen LogP contribution in [-0.4, -0.2) is 71.7 Å². The fourth-order valence-corrected chi connectivity index (χ4v) is 9.79. The van der Waals surface area contributed by atoms with Gasteiger partial charge in [0, 0.05) is 88.6 Å². The van der Waals surface area contributed by atoms with E-state index in [0.29, 0.717) is 88.5 Å². The Labute approximate surface area is 388 Å². The monoisotopic (exact) mass is 1000 g/mol.